The summed E-state index contributed by atoms with van der Waals surface area (Å²) in [5.74, 6) is 0.985. The number of fused-ring (bicyclic) bond motifs is 1. The van der Waals surface area contributed by atoms with E-state index in [9.17, 15) is 0 Å². The van der Waals surface area contributed by atoms with Gasteiger partial charge in [0.1, 0.15) is 0 Å². The summed E-state index contributed by atoms with van der Waals surface area (Å²) in [6.45, 7) is 2.34. The van der Waals surface area contributed by atoms with E-state index in [1.807, 2.05) is 0 Å². The largest absolute Gasteiger partial charge is 0.371 e. The molecule has 0 saturated heterocycles. The maximum Gasteiger partial charge on any atom is 0.0399 e. The van der Waals surface area contributed by atoms with Gasteiger partial charge in [0.05, 0.1) is 0 Å². The quantitative estimate of drug-likeness (QED) is 0.721. The zero-order valence-corrected chi connectivity index (χ0v) is 8.63. The van der Waals surface area contributed by atoms with E-state index in [0.717, 1.165) is 12.3 Å². The molecule has 0 saturated carbocycles. The third-order valence-electron chi connectivity index (χ3n) is 2.57. The zero-order chi connectivity index (χ0) is 9.10. The van der Waals surface area contributed by atoms with Crippen molar-refractivity contribution < 1.29 is 0 Å². The van der Waals surface area contributed by atoms with Crippen LogP contribution in [0.3, 0.4) is 0 Å². The van der Waals surface area contributed by atoms with Crippen molar-refractivity contribution in [1.82, 2.24) is 0 Å². The van der Waals surface area contributed by atoms with Crippen LogP contribution in [-0.2, 0) is 6.42 Å². The molecular weight excluding hydrogens is 178 g/mol. The fourth-order valence-electron chi connectivity index (χ4n) is 1.90. The van der Waals surface area contributed by atoms with Crippen molar-refractivity contribution in [3.05, 3.63) is 29.8 Å². The van der Waals surface area contributed by atoms with E-state index in [2.05, 4.69) is 41.8 Å². The van der Waals surface area contributed by atoms with Crippen LogP contribution >= 0.6 is 12.6 Å². The van der Waals surface area contributed by atoms with E-state index in [0.29, 0.717) is 0 Å². The van der Waals surface area contributed by atoms with Gasteiger partial charge in [0.2, 0.25) is 0 Å². The van der Waals surface area contributed by atoms with Crippen molar-refractivity contribution in [2.24, 2.45) is 0 Å². The minimum Gasteiger partial charge on any atom is -0.371 e. The predicted octanol–water partition coefficient (Wildman–Crippen LogP) is 2.37. The molecule has 0 spiro atoms. The summed E-state index contributed by atoms with van der Waals surface area (Å²) in [7, 11) is 0. The zero-order valence-electron chi connectivity index (χ0n) is 7.74. The van der Waals surface area contributed by atoms with E-state index in [1.165, 1.54) is 30.6 Å². The number of thiol groups is 1. The minimum absolute atomic E-state index is 0.985. The molecule has 2 heteroatoms. The second kappa shape index (κ2) is 4.05. The lowest BCUT2D eigenvalue weighted by molar-refractivity contribution is 0.802. The number of para-hydroxylation sites is 1. The molecular formula is C11H15NS. The first-order chi connectivity index (χ1) is 6.42. The van der Waals surface area contributed by atoms with Crippen LogP contribution in [0, 0.1) is 0 Å². The average Bonchev–Trinajstić information content (AvgIpc) is 2.58. The molecule has 1 aromatic carbocycles. The van der Waals surface area contributed by atoms with E-state index < -0.39 is 0 Å². The molecule has 0 unspecified atom stereocenters. The van der Waals surface area contributed by atoms with Gasteiger partial charge in [-0.1, -0.05) is 18.2 Å². The van der Waals surface area contributed by atoms with Gasteiger partial charge in [-0.15, -0.1) is 0 Å². The summed E-state index contributed by atoms with van der Waals surface area (Å²) < 4.78 is 0. The van der Waals surface area contributed by atoms with Gasteiger partial charge in [-0.25, -0.2) is 0 Å². The maximum absolute atomic E-state index is 4.24. The van der Waals surface area contributed by atoms with Gasteiger partial charge in [-0.2, -0.15) is 12.6 Å². The van der Waals surface area contributed by atoms with Crippen molar-refractivity contribution in [1.29, 1.82) is 0 Å². The Kier molecular flexibility index (Phi) is 2.79. The second-order valence-electron chi connectivity index (χ2n) is 3.44. The molecule has 0 fully saturated rings. The summed E-state index contributed by atoms with van der Waals surface area (Å²) in [4.78, 5) is 2.46. The van der Waals surface area contributed by atoms with Gasteiger partial charge >= 0.3 is 0 Å². The van der Waals surface area contributed by atoms with Crippen LogP contribution in [0.4, 0.5) is 5.69 Å². The molecule has 0 N–H and O–H groups in total. The average molecular weight is 193 g/mol. The van der Waals surface area contributed by atoms with Crippen molar-refractivity contribution >= 4 is 18.3 Å². The van der Waals surface area contributed by atoms with Crippen LogP contribution in [-0.4, -0.2) is 18.8 Å². The van der Waals surface area contributed by atoms with Crippen molar-refractivity contribution in [2.75, 3.05) is 23.7 Å². The number of nitrogens with zero attached hydrogens (tertiary/aromatic N) is 1. The molecule has 0 aliphatic carbocycles. The Morgan fingerprint density at radius 2 is 2.15 bits per heavy atom. The summed E-state index contributed by atoms with van der Waals surface area (Å²) in [5.41, 5.74) is 2.94. The van der Waals surface area contributed by atoms with E-state index in [-0.39, 0.29) is 0 Å². The summed E-state index contributed by atoms with van der Waals surface area (Å²) in [5, 5.41) is 0. The monoisotopic (exact) mass is 193 g/mol. The van der Waals surface area contributed by atoms with E-state index in [1.54, 1.807) is 0 Å². The standard InChI is InChI=1S/C11H15NS/c13-9-3-7-12-8-6-10-4-1-2-5-11(10)12/h1-2,4-5,13H,3,6-9H2. The SMILES string of the molecule is SCCCN1CCc2ccccc21. The Balaban J connectivity index is 2.09. The summed E-state index contributed by atoms with van der Waals surface area (Å²) >= 11 is 4.24. The van der Waals surface area contributed by atoms with Crippen LogP contribution < -0.4 is 4.90 Å². The number of hydrogen-bond acceptors (Lipinski definition) is 2. The highest BCUT2D eigenvalue weighted by Gasteiger charge is 2.16. The first-order valence-electron chi connectivity index (χ1n) is 4.85. The molecule has 2 rings (SSSR count). The number of anilines is 1. The number of rotatable bonds is 3. The lowest BCUT2D eigenvalue weighted by Crippen LogP contribution is -2.21. The lowest BCUT2D eigenvalue weighted by Gasteiger charge is -2.18. The summed E-state index contributed by atoms with van der Waals surface area (Å²) in [6, 6.07) is 8.70. The van der Waals surface area contributed by atoms with Crippen LogP contribution in [0.25, 0.3) is 0 Å². The molecule has 0 aromatic heterocycles. The highest BCUT2D eigenvalue weighted by Crippen LogP contribution is 2.27. The topological polar surface area (TPSA) is 3.24 Å². The van der Waals surface area contributed by atoms with Crippen molar-refractivity contribution in [3.8, 4) is 0 Å². The molecule has 1 aliphatic rings. The molecule has 1 aliphatic heterocycles. The Hall–Kier alpha value is -0.630. The molecule has 70 valence electrons. The highest BCUT2D eigenvalue weighted by atomic mass is 32.1. The fourth-order valence-corrected chi connectivity index (χ4v) is 2.04. The first kappa shape index (κ1) is 8.95. The molecule has 0 bridgehead atoms. The van der Waals surface area contributed by atoms with Gasteiger partial charge in [-0.3, -0.25) is 0 Å². The third-order valence-corrected chi connectivity index (χ3v) is 2.89. The maximum atomic E-state index is 4.24. The second-order valence-corrected chi connectivity index (χ2v) is 3.89. The minimum atomic E-state index is 0.985. The van der Waals surface area contributed by atoms with Crippen LogP contribution in [0.2, 0.25) is 0 Å². The van der Waals surface area contributed by atoms with Gasteiger partial charge in [0.15, 0.2) is 0 Å². The Bertz CT molecular complexity index is 285. The van der Waals surface area contributed by atoms with Gasteiger partial charge in [0, 0.05) is 18.8 Å². The molecule has 1 aromatic rings. The normalized spacial score (nSPS) is 14.7. The number of hydrogen-bond donors (Lipinski definition) is 1. The van der Waals surface area contributed by atoms with Gasteiger partial charge in [0.25, 0.3) is 0 Å². The Morgan fingerprint density at radius 1 is 1.31 bits per heavy atom. The van der Waals surface area contributed by atoms with Crippen LogP contribution in [0.15, 0.2) is 24.3 Å². The molecule has 1 heterocycles. The predicted molar refractivity (Wildman–Crippen MR) is 60.8 cm³/mol. The molecule has 13 heavy (non-hydrogen) atoms. The van der Waals surface area contributed by atoms with Gasteiger partial charge in [-0.05, 0) is 30.2 Å². The third kappa shape index (κ3) is 1.83. The smallest absolute Gasteiger partial charge is 0.0399 e. The molecule has 1 nitrogen and oxygen atoms in total. The summed E-state index contributed by atoms with van der Waals surface area (Å²) in [6.07, 6.45) is 2.39. The van der Waals surface area contributed by atoms with Crippen LogP contribution in [0.1, 0.15) is 12.0 Å². The molecule has 0 atom stereocenters. The Labute approximate surface area is 85.2 Å². The highest BCUT2D eigenvalue weighted by molar-refractivity contribution is 7.80. The number of benzene rings is 1. The molecule has 0 radical (unpaired) electrons. The van der Waals surface area contributed by atoms with Crippen molar-refractivity contribution in [2.45, 2.75) is 12.8 Å². The molecule has 0 amide bonds. The van der Waals surface area contributed by atoms with E-state index in [4.69, 9.17) is 0 Å². The first-order valence-corrected chi connectivity index (χ1v) is 5.49. The van der Waals surface area contributed by atoms with Crippen LogP contribution in [0.5, 0.6) is 0 Å². The van der Waals surface area contributed by atoms with Crippen molar-refractivity contribution in [3.63, 3.8) is 0 Å². The lowest BCUT2D eigenvalue weighted by atomic mass is 10.2. The van der Waals surface area contributed by atoms with Gasteiger partial charge < -0.3 is 4.90 Å². The van der Waals surface area contributed by atoms with E-state index >= 15 is 0 Å². The Morgan fingerprint density at radius 3 is 3.00 bits per heavy atom. The fraction of sp³-hybridized carbons (Fsp3) is 0.455.